The van der Waals surface area contributed by atoms with Gasteiger partial charge in [0.25, 0.3) is 0 Å². The topological polar surface area (TPSA) is 98.7 Å². The molecule has 0 aromatic carbocycles. The number of nitrogens with one attached hydrogen (secondary N) is 2. The first kappa shape index (κ1) is 8.79. The molecule has 2 atom stereocenters. The van der Waals surface area contributed by atoms with Gasteiger partial charge < -0.3 is 20.8 Å². The maximum atomic E-state index is 10.9. The van der Waals surface area contributed by atoms with Crippen molar-refractivity contribution in [3.8, 4) is 0 Å². The van der Waals surface area contributed by atoms with Crippen LogP contribution in [0.2, 0.25) is 0 Å². The number of aliphatic hydroxyl groups is 1. The molecule has 0 radical (unpaired) electrons. The van der Waals surface area contributed by atoms with Crippen molar-refractivity contribution in [3.63, 3.8) is 0 Å². The molecule has 1 rings (SSSR count). The average Bonchev–Trinajstić information content (AvgIpc) is 1.96. The summed E-state index contributed by atoms with van der Waals surface area (Å²) in [5.74, 6) is -0.386. The molecule has 12 heavy (non-hydrogen) atoms. The van der Waals surface area contributed by atoms with E-state index < -0.39 is 18.2 Å². The minimum Gasteiger partial charge on any atom is -0.465 e. The molecule has 1 fully saturated rings. The third-order valence-corrected chi connectivity index (χ3v) is 1.63. The SMILES string of the molecule is O=C(O)NC1CC(O)CNC1=O. The van der Waals surface area contributed by atoms with Crippen molar-refractivity contribution in [3.05, 3.63) is 0 Å². The van der Waals surface area contributed by atoms with Crippen molar-refractivity contribution in [2.75, 3.05) is 6.54 Å². The maximum Gasteiger partial charge on any atom is 0.405 e. The van der Waals surface area contributed by atoms with Gasteiger partial charge in [0.15, 0.2) is 0 Å². The first-order chi connectivity index (χ1) is 5.59. The predicted octanol–water partition coefficient (Wildman–Crippen LogP) is -1.50. The normalized spacial score (nSPS) is 29.2. The van der Waals surface area contributed by atoms with E-state index in [9.17, 15) is 9.59 Å². The van der Waals surface area contributed by atoms with Crippen LogP contribution in [0.5, 0.6) is 0 Å². The van der Waals surface area contributed by atoms with Gasteiger partial charge in [-0.2, -0.15) is 0 Å². The van der Waals surface area contributed by atoms with Crippen LogP contribution in [0.15, 0.2) is 0 Å². The molecule has 4 N–H and O–H groups in total. The van der Waals surface area contributed by atoms with Crippen molar-refractivity contribution >= 4 is 12.0 Å². The Bertz CT molecular complexity index is 206. The van der Waals surface area contributed by atoms with Crippen molar-refractivity contribution < 1.29 is 19.8 Å². The summed E-state index contributed by atoms with van der Waals surface area (Å²) < 4.78 is 0. The molecule has 1 saturated heterocycles. The highest BCUT2D eigenvalue weighted by molar-refractivity contribution is 5.85. The van der Waals surface area contributed by atoms with Crippen LogP contribution in [0.1, 0.15) is 6.42 Å². The van der Waals surface area contributed by atoms with Crippen molar-refractivity contribution in [1.82, 2.24) is 10.6 Å². The van der Waals surface area contributed by atoms with Gasteiger partial charge in [0.05, 0.1) is 6.10 Å². The van der Waals surface area contributed by atoms with E-state index in [4.69, 9.17) is 10.2 Å². The van der Waals surface area contributed by atoms with Crippen LogP contribution in [0.4, 0.5) is 4.79 Å². The van der Waals surface area contributed by atoms with Gasteiger partial charge in [0.2, 0.25) is 5.91 Å². The summed E-state index contributed by atoms with van der Waals surface area (Å²) in [6, 6.07) is -0.828. The van der Waals surface area contributed by atoms with Crippen molar-refractivity contribution in [2.24, 2.45) is 0 Å². The van der Waals surface area contributed by atoms with Gasteiger partial charge in [0.1, 0.15) is 6.04 Å². The minimum atomic E-state index is -1.26. The van der Waals surface area contributed by atoms with Crippen LogP contribution in [-0.4, -0.2) is 40.9 Å². The smallest absolute Gasteiger partial charge is 0.405 e. The highest BCUT2D eigenvalue weighted by Crippen LogP contribution is 2.03. The van der Waals surface area contributed by atoms with E-state index in [1.807, 2.05) is 5.32 Å². The fourth-order valence-corrected chi connectivity index (χ4v) is 1.08. The quantitative estimate of drug-likeness (QED) is 0.389. The molecule has 2 unspecified atom stereocenters. The minimum absolute atomic E-state index is 0.137. The number of piperidine rings is 1. The Kier molecular flexibility index (Phi) is 2.49. The highest BCUT2D eigenvalue weighted by atomic mass is 16.4. The molecule has 0 aromatic heterocycles. The summed E-state index contributed by atoms with van der Waals surface area (Å²) in [7, 11) is 0. The lowest BCUT2D eigenvalue weighted by Gasteiger charge is -2.25. The maximum absolute atomic E-state index is 10.9. The van der Waals surface area contributed by atoms with Crippen molar-refractivity contribution in [1.29, 1.82) is 0 Å². The van der Waals surface area contributed by atoms with Gasteiger partial charge >= 0.3 is 6.09 Å². The first-order valence-corrected chi connectivity index (χ1v) is 3.55. The summed E-state index contributed by atoms with van der Waals surface area (Å²) in [5, 5.41) is 21.7. The van der Waals surface area contributed by atoms with E-state index in [1.165, 1.54) is 0 Å². The van der Waals surface area contributed by atoms with Gasteiger partial charge in [-0.25, -0.2) is 4.79 Å². The van der Waals surface area contributed by atoms with E-state index >= 15 is 0 Å². The molecule has 6 nitrogen and oxygen atoms in total. The number of aliphatic hydroxyl groups excluding tert-OH is 1. The Hall–Kier alpha value is -1.30. The molecular formula is C6H10N2O4. The molecular weight excluding hydrogens is 164 g/mol. The standard InChI is InChI=1S/C6H10N2O4/c9-3-1-4(8-6(11)12)5(10)7-2-3/h3-4,8-9H,1-2H2,(H,7,10)(H,11,12). The second-order valence-corrected chi connectivity index (χ2v) is 2.64. The summed E-state index contributed by atoms with van der Waals surface area (Å²) >= 11 is 0. The summed E-state index contributed by atoms with van der Waals surface area (Å²) in [4.78, 5) is 21.1. The molecule has 0 aliphatic carbocycles. The number of carboxylic acid groups (broad SMARTS) is 1. The zero-order valence-corrected chi connectivity index (χ0v) is 6.28. The van der Waals surface area contributed by atoms with E-state index in [0.717, 1.165) is 0 Å². The van der Waals surface area contributed by atoms with Crippen LogP contribution in [0.25, 0.3) is 0 Å². The first-order valence-electron chi connectivity index (χ1n) is 3.55. The van der Waals surface area contributed by atoms with Crippen LogP contribution >= 0.6 is 0 Å². The zero-order valence-electron chi connectivity index (χ0n) is 6.28. The van der Waals surface area contributed by atoms with Gasteiger partial charge in [-0.3, -0.25) is 4.79 Å². The number of hydrogen-bond acceptors (Lipinski definition) is 3. The zero-order chi connectivity index (χ0) is 9.14. The van der Waals surface area contributed by atoms with Crippen LogP contribution in [0, 0.1) is 0 Å². The van der Waals surface area contributed by atoms with Gasteiger partial charge in [-0.1, -0.05) is 0 Å². The molecule has 68 valence electrons. The molecule has 0 spiro atoms. The Labute approximate surface area is 68.6 Å². The van der Waals surface area contributed by atoms with Crippen LogP contribution < -0.4 is 10.6 Å². The molecule has 1 heterocycles. The number of carbonyl (C=O) groups excluding carboxylic acids is 1. The largest absolute Gasteiger partial charge is 0.465 e. The molecule has 0 bridgehead atoms. The van der Waals surface area contributed by atoms with Gasteiger partial charge in [-0.15, -0.1) is 0 Å². The Balaban J connectivity index is 2.49. The second kappa shape index (κ2) is 3.40. The number of hydrogen-bond donors (Lipinski definition) is 4. The lowest BCUT2D eigenvalue weighted by molar-refractivity contribution is -0.126. The highest BCUT2D eigenvalue weighted by Gasteiger charge is 2.28. The lowest BCUT2D eigenvalue weighted by Crippen LogP contribution is -2.54. The molecule has 1 aliphatic rings. The van der Waals surface area contributed by atoms with Gasteiger partial charge in [-0.05, 0) is 0 Å². The molecule has 0 saturated carbocycles. The van der Waals surface area contributed by atoms with Crippen molar-refractivity contribution in [2.45, 2.75) is 18.6 Å². The third-order valence-electron chi connectivity index (χ3n) is 1.63. The number of rotatable bonds is 1. The Morgan fingerprint density at radius 3 is 2.92 bits per heavy atom. The van der Waals surface area contributed by atoms with Gasteiger partial charge in [0, 0.05) is 13.0 Å². The summed E-state index contributed by atoms with van der Waals surface area (Å²) in [6.07, 6.45) is -1.79. The number of amides is 2. The summed E-state index contributed by atoms with van der Waals surface area (Å²) in [6.45, 7) is 0.191. The molecule has 0 aromatic rings. The Morgan fingerprint density at radius 2 is 2.33 bits per heavy atom. The average molecular weight is 174 g/mol. The second-order valence-electron chi connectivity index (χ2n) is 2.64. The van der Waals surface area contributed by atoms with E-state index in [-0.39, 0.29) is 18.9 Å². The van der Waals surface area contributed by atoms with E-state index in [0.29, 0.717) is 0 Å². The van der Waals surface area contributed by atoms with E-state index in [1.54, 1.807) is 0 Å². The fraction of sp³-hybridized carbons (Fsp3) is 0.667. The lowest BCUT2D eigenvalue weighted by atomic mass is 10.0. The monoisotopic (exact) mass is 174 g/mol. The summed E-state index contributed by atoms with van der Waals surface area (Å²) in [5.41, 5.74) is 0. The molecule has 1 aliphatic heterocycles. The number of carbonyl (C=O) groups is 2. The third kappa shape index (κ3) is 2.09. The molecule has 2 amide bonds. The molecule has 6 heteroatoms. The Morgan fingerprint density at radius 1 is 1.67 bits per heavy atom. The van der Waals surface area contributed by atoms with E-state index in [2.05, 4.69) is 5.32 Å². The van der Waals surface area contributed by atoms with Crippen LogP contribution in [0.3, 0.4) is 0 Å². The fourth-order valence-electron chi connectivity index (χ4n) is 1.08. The van der Waals surface area contributed by atoms with Crippen LogP contribution in [-0.2, 0) is 4.79 Å². The number of β-amino-alcohol motifs (C(OH)–C–C–N with tert-alkyl or cyclic N) is 1. The predicted molar refractivity (Wildman–Crippen MR) is 38.6 cm³/mol.